The third kappa shape index (κ3) is 2.10. The Hall–Kier alpha value is -0.940. The molecule has 5 heteroatoms. The molecule has 0 saturated heterocycles. The smallest absolute Gasteiger partial charge is 0.153 e. The van der Waals surface area contributed by atoms with Crippen LogP contribution >= 0.6 is 27.3 Å². The van der Waals surface area contributed by atoms with Crippen molar-refractivity contribution in [2.45, 2.75) is 20.4 Å². The fourth-order valence-electron chi connectivity index (χ4n) is 1.62. The molecule has 0 N–H and O–H groups in total. The molecular weight excluding hydrogens is 288 g/mol. The number of aryl methyl sites for hydroxylation is 1. The van der Waals surface area contributed by atoms with Gasteiger partial charge in [-0.1, -0.05) is 0 Å². The number of aldehydes is 1. The Morgan fingerprint density at radius 1 is 1.56 bits per heavy atom. The van der Waals surface area contributed by atoms with E-state index in [2.05, 4.69) is 27.1 Å². The van der Waals surface area contributed by atoms with Gasteiger partial charge in [-0.3, -0.25) is 9.48 Å². The molecule has 84 valence electrons. The van der Waals surface area contributed by atoms with Gasteiger partial charge in [-0.2, -0.15) is 5.10 Å². The van der Waals surface area contributed by atoms with Crippen molar-refractivity contribution < 1.29 is 4.79 Å². The number of halogens is 1. The van der Waals surface area contributed by atoms with Crippen molar-refractivity contribution in [3.8, 4) is 0 Å². The summed E-state index contributed by atoms with van der Waals surface area (Å²) in [7, 11) is 0. The average Bonchev–Trinajstić information content (AvgIpc) is 2.74. The maximum absolute atomic E-state index is 10.9. The highest BCUT2D eigenvalue weighted by Gasteiger charge is 2.11. The van der Waals surface area contributed by atoms with Crippen LogP contribution in [0.4, 0.5) is 0 Å². The molecule has 0 atom stereocenters. The molecule has 16 heavy (non-hydrogen) atoms. The van der Waals surface area contributed by atoms with Crippen LogP contribution in [0.25, 0.3) is 0 Å². The molecule has 2 rings (SSSR count). The van der Waals surface area contributed by atoms with Gasteiger partial charge < -0.3 is 0 Å². The lowest BCUT2D eigenvalue weighted by Gasteiger charge is -2.01. The van der Waals surface area contributed by atoms with E-state index in [4.69, 9.17) is 0 Å². The number of hydrogen-bond acceptors (Lipinski definition) is 3. The molecule has 0 amide bonds. The van der Waals surface area contributed by atoms with E-state index in [0.29, 0.717) is 5.56 Å². The molecular formula is C11H11BrN2OS. The monoisotopic (exact) mass is 298 g/mol. The Bertz CT molecular complexity index is 530. The van der Waals surface area contributed by atoms with Gasteiger partial charge in [0.2, 0.25) is 0 Å². The van der Waals surface area contributed by atoms with Crippen molar-refractivity contribution in [3.63, 3.8) is 0 Å². The predicted octanol–water partition coefficient (Wildman–Crippen LogP) is 3.18. The lowest BCUT2D eigenvalue weighted by molar-refractivity contribution is 0.112. The summed E-state index contributed by atoms with van der Waals surface area (Å²) >= 11 is 5.10. The largest absolute Gasteiger partial charge is 0.298 e. The van der Waals surface area contributed by atoms with E-state index in [1.54, 1.807) is 11.3 Å². The second-order valence-electron chi connectivity index (χ2n) is 3.59. The minimum absolute atomic E-state index is 0.704. The maximum atomic E-state index is 10.9. The van der Waals surface area contributed by atoms with Gasteiger partial charge in [-0.25, -0.2) is 0 Å². The van der Waals surface area contributed by atoms with Crippen LogP contribution in [0.3, 0.4) is 0 Å². The maximum Gasteiger partial charge on any atom is 0.153 e. The fourth-order valence-corrected chi connectivity index (χ4v) is 3.05. The van der Waals surface area contributed by atoms with Gasteiger partial charge in [0.15, 0.2) is 6.29 Å². The lowest BCUT2D eigenvalue weighted by atomic mass is 10.2. The lowest BCUT2D eigenvalue weighted by Crippen LogP contribution is -2.02. The van der Waals surface area contributed by atoms with Crippen LogP contribution in [0.2, 0.25) is 0 Å². The molecule has 3 nitrogen and oxygen atoms in total. The van der Waals surface area contributed by atoms with Crippen molar-refractivity contribution >= 4 is 33.6 Å². The van der Waals surface area contributed by atoms with Crippen molar-refractivity contribution in [1.29, 1.82) is 0 Å². The molecule has 2 aromatic rings. The second-order valence-corrected chi connectivity index (χ2v) is 5.50. The number of aromatic nitrogens is 2. The van der Waals surface area contributed by atoms with Crippen LogP contribution in [0.5, 0.6) is 0 Å². The van der Waals surface area contributed by atoms with E-state index >= 15 is 0 Å². The standard InChI is InChI=1S/C11H11BrN2OS/c1-7-11(5-15)8(2)14(13-7)4-10-3-9(12)6-16-10/h3,5-6H,4H2,1-2H3. The SMILES string of the molecule is Cc1nn(Cc2cc(Br)cs2)c(C)c1C=O. The van der Waals surface area contributed by atoms with Crippen LogP contribution in [-0.2, 0) is 6.54 Å². The normalized spacial score (nSPS) is 10.7. The Balaban J connectivity index is 2.31. The fraction of sp³-hybridized carbons (Fsp3) is 0.273. The highest BCUT2D eigenvalue weighted by Crippen LogP contribution is 2.21. The van der Waals surface area contributed by atoms with Gasteiger partial charge in [-0.05, 0) is 35.8 Å². The summed E-state index contributed by atoms with van der Waals surface area (Å²) in [6.45, 7) is 4.50. The highest BCUT2D eigenvalue weighted by molar-refractivity contribution is 9.10. The average molecular weight is 299 g/mol. The van der Waals surface area contributed by atoms with Gasteiger partial charge in [0.25, 0.3) is 0 Å². The van der Waals surface area contributed by atoms with Crippen LogP contribution in [-0.4, -0.2) is 16.1 Å². The minimum atomic E-state index is 0.704. The highest BCUT2D eigenvalue weighted by atomic mass is 79.9. The Morgan fingerprint density at radius 3 is 2.81 bits per heavy atom. The van der Waals surface area contributed by atoms with Gasteiger partial charge in [0.1, 0.15) is 0 Å². The van der Waals surface area contributed by atoms with Crippen molar-refractivity contribution in [2.75, 3.05) is 0 Å². The van der Waals surface area contributed by atoms with Crippen molar-refractivity contribution in [1.82, 2.24) is 9.78 Å². The number of carbonyl (C=O) groups is 1. The van der Waals surface area contributed by atoms with Crippen LogP contribution in [0.15, 0.2) is 15.9 Å². The van der Waals surface area contributed by atoms with E-state index in [1.165, 1.54) is 4.88 Å². The summed E-state index contributed by atoms with van der Waals surface area (Å²) in [5, 5.41) is 6.41. The first-order valence-electron chi connectivity index (χ1n) is 4.84. The summed E-state index contributed by atoms with van der Waals surface area (Å²) in [5.41, 5.74) is 2.43. The summed E-state index contributed by atoms with van der Waals surface area (Å²) in [6.07, 6.45) is 0.874. The Kier molecular flexibility index (Phi) is 3.25. The first-order chi connectivity index (χ1) is 7.61. The van der Waals surface area contributed by atoms with E-state index in [0.717, 1.165) is 28.7 Å². The number of carbonyl (C=O) groups excluding carboxylic acids is 1. The minimum Gasteiger partial charge on any atom is -0.298 e. The number of rotatable bonds is 3. The molecule has 0 bridgehead atoms. The number of nitrogens with zero attached hydrogens (tertiary/aromatic N) is 2. The molecule has 0 saturated carbocycles. The van der Waals surface area contributed by atoms with Crippen molar-refractivity contribution in [2.24, 2.45) is 0 Å². The Labute approximate surface area is 106 Å². The molecule has 0 spiro atoms. The van der Waals surface area contributed by atoms with E-state index in [9.17, 15) is 4.79 Å². The quantitative estimate of drug-likeness (QED) is 0.816. The van der Waals surface area contributed by atoms with Crippen LogP contribution in [0.1, 0.15) is 26.6 Å². The molecule has 0 radical (unpaired) electrons. The van der Waals surface area contributed by atoms with Gasteiger partial charge >= 0.3 is 0 Å². The van der Waals surface area contributed by atoms with Gasteiger partial charge in [-0.15, -0.1) is 11.3 Å². The first kappa shape index (κ1) is 11.5. The molecule has 2 aromatic heterocycles. The molecule has 0 unspecified atom stereocenters. The van der Waals surface area contributed by atoms with Gasteiger partial charge in [0.05, 0.1) is 17.8 Å². The van der Waals surface area contributed by atoms with E-state index in [-0.39, 0.29) is 0 Å². The Morgan fingerprint density at radius 2 is 2.31 bits per heavy atom. The summed E-state index contributed by atoms with van der Waals surface area (Å²) in [6, 6.07) is 2.07. The van der Waals surface area contributed by atoms with Crippen LogP contribution in [0, 0.1) is 13.8 Å². The van der Waals surface area contributed by atoms with E-state index in [1.807, 2.05) is 23.9 Å². The zero-order valence-electron chi connectivity index (χ0n) is 9.03. The van der Waals surface area contributed by atoms with Gasteiger partial charge in [0, 0.05) is 20.4 Å². The third-order valence-electron chi connectivity index (χ3n) is 2.48. The zero-order chi connectivity index (χ0) is 11.7. The molecule has 0 aromatic carbocycles. The molecule has 0 aliphatic rings. The summed E-state index contributed by atoms with van der Waals surface area (Å²) in [4.78, 5) is 12.1. The predicted molar refractivity (Wildman–Crippen MR) is 68.2 cm³/mol. The van der Waals surface area contributed by atoms with Crippen molar-refractivity contribution in [3.05, 3.63) is 37.7 Å². The summed E-state index contributed by atoms with van der Waals surface area (Å²) in [5.74, 6) is 0. The molecule has 0 aliphatic heterocycles. The molecule has 0 fully saturated rings. The first-order valence-corrected chi connectivity index (χ1v) is 6.51. The third-order valence-corrected chi connectivity index (χ3v) is 4.17. The number of hydrogen-bond donors (Lipinski definition) is 0. The molecule has 2 heterocycles. The second kappa shape index (κ2) is 4.51. The van der Waals surface area contributed by atoms with Crippen LogP contribution < -0.4 is 0 Å². The molecule has 0 aliphatic carbocycles. The topological polar surface area (TPSA) is 34.9 Å². The summed E-state index contributed by atoms with van der Waals surface area (Å²) < 4.78 is 2.96. The number of thiophene rings is 1. The zero-order valence-corrected chi connectivity index (χ0v) is 11.4. The van der Waals surface area contributed by atoms with E-state index < -0.39 is 0 Å².